The van der Waals surface area contributed by atoms with E-state index in [0.29, 0.717) is 5.70 Å². The molecule has 0 saturated carbocycles. The van der Waals surface area contributed by atoms with Crippen LogP contribution < -0.4 is 4.72 Å². The Bertz CT molecular complexity index is 269. The highest BCUT2D eigenvalue weighted by atomic mass is 35.5. The predicted molar refractivity (Wildman–Crippen MR) is 53.3 cm³/mol. The predicted octanol–water partition coefficient (Wildman–Crippen LogP) is 1.24. The average Bonchev–Trinajstić information content (AvgIpc) is 2.56. The average molecular weight is 240 g/mol. The van der Waals surface area contributed by atoms with Gasteiger partial charge in [0.1, 0.15) is 0 Å². The molecular weight excluding hydrogens is 234 g/mol. The first kappa shape index (κ1) is 10.7. The summed E-state index contributed by atoms with van der Waals surface area (Å²) in [6.07, 6.45) is 0. The van der Waals surface area contributed by atoms with Crippen molar-refractivity contribution >= 4 is 45.1 Å². The van der Waals surface area contributed by atoms with Gasteiger partial charge in [-0.1, -0.05) is 0 Å². The summed E-state index contributed by atoms with van der Waals surface area (Å²) in [6, 6.07) is 0. The highest BCUT2D eigenvalue weighted by molar-refractivity contribution is 8.77. The van der Waals surface area contributed by atoms with Gasteiger partial charge >= 0.3 is 5.97 Å². The van der Waals surface area contributed by atoms with Crippen LogP contribution in [0.2, 0.25) is 0 Å². The molecule has 0 radical (unpaired) electrons. The third-order valence-corrected chi connectivity index (χ3v) is 3.25. The highest BCUT2D eigenvalue weighted by Gasteiger charge is 2.31. The minimum Gasteiger partial charge on any atom is -0.480 e. The Labute approximate surface area is 87.6 Å². The van der Waals surface area contributed by atoms with E-state index in [1.807, 2.05) is 0 Å². The van der Waals surface area contributed by atoms with Crippen LogP contribution in [0.4, 0.5) is 0 Å². The molecule has 0 spiro atoms. The Morgan fingerprint density at radius 2 is 2.38 bits per heavy atom. The zero-order valence-electron chi connectivity index (χ0n) is 6.32. The molecule has 0 aromatic heterocycles. The van der Waals surface area contributed by atoms with E-state index in [1.54, 1.807) is 5.41 Å². The van der Waals surface area contributed by atoms with Crippen LogP contribution in [0.5, 0.6) is 0 Å². The lowest BCUT2D eigenvalue weighted by Crippen LogP contribution is -2.29. The van der Waals surface area contributed by atoms with Crippen LogP contribution >= 0.6 is 33.4 Å². The van der Waals surface area contributed by atoms with Gasteiger partial charge in [0.2, 0.25) is 0 Å². The Morgan fingerprint density at radius 3 is 2.77 bits per heavy atom. The number of halogens is 1. The molecule has 4 nitrogen and oxygen atoms in total. The maximum Gasteiger partial charge on any atom is 0.320 e. The molecule has 1 aliphatic heterocycles. The van der Waals surface area contributed by atoms with E-state index in [-0.39, 0.29) is 5.88 Å². The van der Waals surface area contributed by atoms with E-state index in [9.17, 15) is 9.59 Å². The molecule has 72 valence electrons. The van der Waals surface area contributed by atoms with Crippen molar-refractivity contribution in [3.05, 3.63) is 11.1 Å². The zero-order valence-corrected chi connectivity index (χ0v) is 8.71. The molecule has 0 saturated heterocycles. The van der Waals surface area contributed by atoms with Gasteiger partial charge in [0.25, 0.3) is 0 Å². The lowest BCUT2D eigenvalue weighted by atomic mass is 10.0. The van der Waals surface area contributed by atoms with Gasteiger partial charge in [-0.3, -0.25) is 9.59 Å². The minimum absolute atomic E-state index is 0.286. The molecule has 0 amide bonds. The van der Waals surface area contributed by atoms with Gasteiger partial charge in [0.15, 0.2) is 11.7 Å². The number of carboxylic acid groups (broad SMARTS) is 1. The van der Waals surface area contributed by atoms with Crippen molar-refractivity contribution in [3.63, 3.8) is 0 Å². The van der Waals surface area contributed by atoms with E-state index in [0.717, 1.165) is 0 Å². The summed E-state index contributed by atoms with van der Waals surface area (Å²) in [4.78, 5) is 21.8. The van der Waals surface area contributed by atoms with Gasteiger partial charge < -0.3 is 9.83 Å². The number of carbonyl (C=O) groups is 2. The Morgan fingerprint density at radius 1 is 1.69 bits per heavy atom. The summed E-state index contributed by atoms with van der Waals surface area (Å²) in [5, 5.41) is 10.4. The molecule has 1 atom stereocenters. The number of rotatable bonds is 4. The Hall–Kier alpha value is -0.330. The van der Waals surface area contributed by atoms with Gasteiger partial charge in [-0.25, -0.2) is 0 Å². The van der Waals surface area contributed by atoms with Crippen molar-refractivity contribution < 1.29 is 14.7 Å². The van der Waals surface area contributed by atoms with Crippen LogP contribution in [0, 0.1) is 5.92 Å². The number of Topliss-reactive ketones (excluding diaryl/α,β-unsaturated/α-hetero) is 1. The topological polar surface area (TPSA) is 66.4 Å². The summed E-state index contributed by atoms with van der Waals surface area (Å²) < 4.78 is 2.73. The number of alkyl halides is 1. The van der Waals surface area contributed by atoms with Crippen LogP contribution in [0.25, 0.3) is 0 Å². The van der Waals surface area contributed by atoms with Gasteiger partial charge in [0.05, 0.1) is 11.6 Å². The fourth-order valence-electron chi connectivity index (χ4n) is 0.820. The number of hydrogen-bond acceptors (Lipinski definition) is 5. The largest absolute Gasteiger partial charge is 0.480 e. The van der Waals surface area contributed by atoms with E-state index < -0.39 is 17.7 Å². The maximum atomic E-state index is 11.1. The van der Waals surface area contributed by atoms with Gasteiger partial charge in [0, 0.05) is 16.4 Å². The lowest BCUT2D eigenvalue weighted by molar-refractivity contribution is -0.144. The molecule has 0 aliphatic carbocycles. The van der Waals surface area contributed by atoms with E-state index in [1.165, 1.54) is 21.8 Å². The summed E-state index contributed by atoms with van der Waals surface area (Å²) in [5.74, 6) is -3.12. The van der Waals surface area contributed by atoms with Gasteiger partial charge in [-0.05, 0) is 10.8 Å². The second-order valence-corrected chi connectivity index (χ2v) is 4.37. The molecule has 1 heterocycles. The van der Waals surface area contributed by atoms with Crippen molar-refractivity contribution in [2.24, 2.45) is 5.92 Å². The third-order valence-electron chi connectivity index (χ3n) is 1.39. The van der Waals surface area contributed by atoms with E-state index >= 15 is 0 Å². The second kappa shape index (κ2) is 4.78. The van der Waals surface area contributed by atoms with E-state index in [2.05, 4.69) is 4.72 Å². The molecule has 0 fully saturated rings. The van der Waals surface area contributed by atoms with Gasteiger partial charge in [-0.2, -0.15) is 0 Å². The van der Waals surface area contributed by atoms with Crippen LogP contribution in [0.3, 0.4) is 0 Å². The summed E-state index contributed by atoms with van der Waals surface area (Å²) in [7, 11) is 2.61. The number of ketones is 1. The summed E-state index contributed by atoms with van der Waals surface area (Å²) in [6.45, 7) is 0. The van der Waals surface area contributed by atoms with Crippen LogP contribution in [0.15, 0.2) is 11.1 Å². The number of carboxylic acids is 1. The monoisotopic (exact) mass is 239 g/mol. The lowest BCUT2D eigenvalue weighted by Gasteiger charge is -2.09. The highest BCUT2D eigenvalue weighted by Crippen LogP contribution is 2.32. The summed E-state index contributed by atoms with van der Waals surface area (Å²) in [5.41, 5.74) is 0.396. The van der Waals surface area contributed by atoms with Crippen molar-refractivity contribution in [2.45, 2.75) is 0 Å². The molecule has 1 rings (SSSR count). The molecule has 13 heavy (non-hydrogen) atoms. The zero-order chi connectivity index (χ0) is 9.84. The smallest absolute Gasteiger partial charge is 0.320 e. The molecule has 7 heteroatoms. The molecule has 2 N–H and O–H groups in total. The normalized spacial score (nSPS) is 17.5. The minimum atomic E-state index is -1.17. The van der Waals surface area contributed by atoms with Crippen LogP contribution in [0.1, 0.15) is 0 Å². The molecule has 1 aliphatic rings. The van der Waals surface area contributed by atoms with Crippen molar-refractivity contribution in [1.82, 2.24) is 4.72 Å². The second-order valence-electron chi connectivity index (χ2n) is 2.23. The maximum absolute atomic E-state index is 11.1. The molecular formula is C6H6ClNO3S2. The molecule has 0 aromatic rings. The van der Waals surface area contributed by atoms with E-state index in [4.69, 9.17) is 16.7 Å². The number of hydrogen-bond donors (Lipinski definition) is 2. The number of carbonyl (C=O) groups excluding carboxylic acids is 1. The summed E-state index contributed by atoms with van der Waals surface area (Å²) >= 11 is 5.29. The van der Waals surface area contributed by atoms with Crippen molar-refractivity contribution in [3.8, 4) is 0 Å². The molecule has 0 bridgehead atoms. The van der Waals surface area contributed by atoms with Crippen molar-refractivity contribution in [2.75, 3.05) is 5.88 Å². The first-order chi connectivity index (χ1) is 6.16. The number of aliphatic carboxylic acids is 1. The Balaban J connectivity index is 2.78. The Kier molecular flexibility index (Phi) is 3.95. The van der Waals surface area contributed by atoms with Crippen LogP contribution in [-0.2, 0) is 9.59 Å². The fourth-order valence-corrected chi connectivity index (χ4v) is 2.61. The molecule has 1 unspecified atom stereocenters. The SMILES string of the molecule is O=C(O)C(C(=O)CCl)C1=CSSN1. The fraction of sp³-hybridized carbons (Fsp3) is 0.333. The van der Waals surface area contributed by atoms with Crippen LogP contribution in [-0.4, -0.2) is 22.7 Å². The number of nitrogens with one attached hydrogen (secondary N) is 1. The molecule has 0 aromatic carbocycles. The third kappa shape index (κ3) is 2.55. The standard InChI is InChI=1S/C6H6ClNO3S2/c7-1-4(9)5(6(10)11)3-2-12-13-8-3/h2,5,8H,1H2,(H,10,11). The van der Waals surface area contributed by atoms with Crippen molar-refractivity contribution in [1.29, 1.82) is 0 Å². The first-order valence-electron chi connectivity index (χ1n) is 3.26. The quantitative estimate of drug-likeness (QED) is 0.333. The first-order valence-corrected chi connectivity index (χ1v) is 6.01. The van der Waals surface area contributed by atoms with Gasteiger partial charge in [-0.15, -0.1) is 11.6 Å².